The number of hydrogen-bond donors (Lipinski definition) is 1. The third kappa shape index (κ3) is 2.35. The van der Waals surface area contributed by atoms with Crippen molar-refractivity contribution in [3.63, 3.8) is 0 Å². The van der Waals surface area contributed by atoms with Gasteiger partial charge in [-0.1, -0.05) is 18.2 Å². The molecule has 1 N–H and O–H groups in total. The van der Waals surface area contributed by atoms with Crippen LogP contribution in [0.2, 0.25) is 0 Å². The molecule has 2 aliphatic rings. The Hall–Kier alpha value is -1.48. The Morgan fingerprint density at radius 3 is 2.89 bits per heavy atom. The first-order valence-electron chi connectivity index (χ1n) is 6.92. The zero-order valence-electron chi connectivity index (χ0n) is 11.6. The number of rotatable bonds is 5. The van der Waals surface area contributed by atoms with Crippen LogP contribution in [0.15, 0.2) is 30.4 Å². The highest BCUT2D eigenvalue weighted by molar-refractivity contribution is 5.40. The van der Waals surface area contributed by atoms with Crippen molar-refractivity contribution >= 4 is 0 Å². The van der Waals surface area contributed by atoms with Gasteiger partial charge < -0.3 is 14.8 Å². The lowest BCUT2D eigenvalue weighted by Crippen LogP contribution is -2.47. The number of ether oxygens (including phenoxy) is 2. The molecule has 0 aromatic heterocycles. The lowest BCUT2D eigenvalue weighted by molar-refractivity contribution is 0.158. The molecule has 0 heterocycles. The van der Waals surface area contributed by atoms with Gasteiger partial charge in [0.25, 0.3) is 0 Å². The summed E-state index contributed by atoms with van der Waals surface area (Å²) in [5, 5.41) is 3.66. The molecule has 3 heteroatoms. The van der Waals surface area contributed by atoms with E-state index in [-0.39, 0.29) is 0 Å². The molecule has 3 nitrogen and oxygen atoms in total. The first-order chi connectivity index (χ1) is 9.31. The van der Waals surface area contributed by atoms with Crippen molar-refractivity contribution in [1.82, 2.24) is 5.32 Å². The molecule has 2 aliphatic carbocycles. The number of methoxy groups -OCH3 is 2. The van der Waals surface area contributed by atoms with E-state index in [4.69, 9.17) is 9.47 Å². The van der Waals surface area contributed by atoms with Crippen LogP contribution < -0.4 is 14.8 Å². The number of hydrogen-bond acceptors (Lipinski definition) is 3. The standard InChI is InChI=1S/C16H21NO2/c1-18-13-7-6-12(16(9-13)19-2)10-17-15-8-11-4-3-5-14(11)15/h3-4,6-7,9,11,14-15,17H,5,8,10H2,1-2H3. The van der Waals surface area contributed by atoms with Gasteiger partial charge in [0, 0.05) is 24.2 Å². The quantitative estimate of drug-likeness (QED) is 0.825. The lowest BCUT2D eigenvalue weighted by atomic mass is 9.71. The van der Waals surface area contributed by atoms with E-state index in [1.54, 1.807) is 14.2 Å². The van der Waals surface area contributed by atoms with Crippen molar-refractivity contribution in [3.05, 3.63) is 35.9 Å². The Morgan fingerprint density at radius 2 is 2.16 bits per heavy atom. The van der Waals surface area contributed by atoms with Crippen molar-refractivity contribution < 1.29 is 9.47 Å². The van der Waals surface area contributed by atoms with E-state index < -0.39 is 0 Å². The summed E-state index contributed by atoms with van der Waals surface area (Å²) in [6.07, 6.45) is 7.21. The van der Waals surface area contributed by atoms with E-state index in [1.807, 2.05) is 12.1 Å². The Bertz CT molecular complexity index is 484. The van der Waals surface area contributed by atoms with Gasteiger partial charge in [-0.2, -0.15) is 0 Å². The molecular weight excluding hydrogens is 238 g/mol. The van der Waals surface area contributed by atoms with E-state index in [9.17, 15) is 0 Å². The minimum Gasteiger partial charge on any atom is -0.497 e. The minimum absolute atomic E-state index is 0.659. The van der Waals surface area contributed by atoms with Gasteiger partial charge in [0.1, 0.15) is 11.5 Å². The predicted octanol–water partition coefficient (Wildman–Crippen LogP) is 2.76. The largest absolute Gasteiger partial charge is 0.497 e. The molecule has 1 fully saturated rings. The second-order valence-corrected chi connectivity index (χ2v) is 5.39. The summed E-state index contributed by atoms with van der Waals surface area (Å²) >= 11 is 0. The van der Waals surface area contributed by atoms with Crippen LogP contribution in [0.1, 0.15) is 18.4 Å². The molecule has 102 valence electrons. The molecule has 19 heavy (non-hydrogen) atoms. The third-order valence-corrected chi connectivity index (χ3v) is 4.43. The van der Waals surface area contributed by atoms with Crippen LogP contribution in [0.25, 0.3) is 0 Å². The third-order valence-electron chi connectivity index (χ3n) is 4.43. The molecule has 0 bridgehead atoms. The number of benzene rings is 1. The van der Waals surface area contributed by atoms with E-state index >= 15 is 0 Å². The van der Waals surface area contributed by atoms with Crippen LogP contribution in [0.3, 0.4) is 0 Å². The molecular formula is C16H21NO2. The van der Waals surface area contributed by atoms with E-state index in [1.165, 1.54) is 18.4 Å². The smallest absolute Gasteiger partial charge is 0.127 e. The average Bonchev–Trinajstić information content (AvgIpc) is 2.80. The van der Waals surface area contributed by atoms with Crippen molar-refractivity contribution in [2.75, 3.05) is 14.2 Å². The normalized spacial score (nSPS) is 27.8. The summed E-state index contributed by atoms with van der Waals surface area (Å²) < 4.78 is 10.6. The summed E-state index contributed by atoms with van der Waals surface area (Å²) in [6.45, 7) is 0.862. The summed E-state index contributed by atoms with van der Waals surface area (Å²) in [7, 11) is 3.38. The fourth-order valence-electron chi connectivity index (χ4n) is 3.19. The summed E-state index contributed by atoms with van der Waals surface area (Å²) in [6, 6.07) is 6.66. The van der Waals surface area contributed by atoms with E-state index in [2.05, 4.69) is 23.5 Å². The van der Waals surface area contributed by atoms with Crippen LogP contribution in [0, 0.1) is 11.8 Å². The molecule has 0 radical (unpaired) electrons. The summed E-state index contributed by atoms with van der Waals surface area (Å²) in [5.74, 6) is 3.39. The van der Waals surface area contributed by atoms with Gasteiger partial charge in [-0.05, 0) is 30.7 Å². The minimum atomic E-state index is 0.659. The van der Waals surface area contributed by atoms with Crippen molar-refractivity contribution in [2.45, 2.75) is 25.4 Å². The van der Waals surface area contributed by atoms with Crippen LogP contribution in [0.5, 0.6) is 11.5 Å². The average molecular weight is 259 g/mol. The van der Waals surface area contributed by atoms with Gasteiger partial charge >= 0.3 is 0 Å². The fourth-order valence-corrected chi connectivity index (χ4v) is 3.19. The molecule has 1 aromatic rings. The fraction of sp³-hybridized carbons (Fsp3) is 0.500. The number of fused-ring (bicyclic) bond motifs is 1. The first-order valence-corrected chi connectivity index (χ1v) is 6.92. The zero-order valence-corrected chi connectivity index (χ0v) is 11.6. The SMILES string of the molecule is COc1ccc(CNC2CC3C=CCC32)c(OC)c1. The van der Waals surface area contributed by atoms with Gasteiger partial charge in [0.05, 0.1) is 14.2 Å². The first kappa shape index (κ1) is 12.5. The van der Waals surface area contributed by atoms with E-state index in [0.717, 1.165) is 29.9 Å². The molecule has 0 aliphatic heterocycles. The molecule has 3 atom stereocenters. The molecule has 0 saturated heterocycles. The summed E-state index contributed by atoms with van der Waals surface area (Å²) in [4.78, 5) is 0. The summed E-state index contributed by atoms with van der Waals surface area (Å²) in [5.41, 5.74) is 1.19. The maximum Gasteiger partial charge on any atom is 0.127 e. The topological polar surface area (TPSA) is 30.5 Å². The van der Waals surface area contributed by atoms with Crippen LogP contribution in [-0.4, -0.2) is 20.3 Å². The predicted molar refractivity (Wildman–Crippen MR) is 75.5 cm³/mol. The monoisotopic (exact) mass is 259 g/mol. The van der Waals surface area contributed by atoms with Crippen molar-refractivity contribution in [3.8, 4) is 11.5 Å². The van der Waals surface area contributed by atoms with Gasteiger partial charge in [-0.25, -0.2) is 0 Å². The highest BCUT2D eigenvalue weighted by Crippen LogP contribution is 2.42. The Labute approximate surface area is 114 Å². The Kier molecular flexibility index (Phi) is 3.47. The van der Waals surface area contributed by atoms with Crippen molar-refractivity contribution in [2.24, 2.45) is 11.8 Å². The maximum atomic E-state index is 5.43. The highest BCUT2D eigenvalue weighted by Gasteiger charge is 2.40. The van der Waals surface area contributed by atoms with Crippen LogP contribution in [-0.2, 0) is 6.54 Å². The molecule has 3 rings (SSSR count). The van der Waals surface area contributed by atoms with Crippen LogP contribution >= 0.6 is 0 Å². The molecule has 0 spiro atoms. The lowest BCUT2D eigenvalue weighted by Gasteiger charge is -2.41. The van der Waals surface area contributed by atoms with Gasteiger partial charge in [-0.3, -0.25) is 0 Å². The second-order valence-electron chi connectivity index (χ2n) is 5.39. The Balaban J connectivity index is 1.60. The Morgan fingerprint density at radius 1 is 1.26 bits per heavy atom. The van der Waals surface area contributed by atoms with Crippen molar-refractivity contribution in [1.29, 1.82) is 0 Å². The number of nitrogens with one attached hydrogen (secondary N) is 1. The van der Waals surface area contributed by atoms with Crippen LogP contribution in [0.4, 0.5) is 0 Å². The maximum absolute atomic E-state index is 5.43. The molecule has 0 amide bonds. The van der Waals surface area contributed by atoms with Gasteiger partial charge in [0.2, 0.25) is 0 Å². The second kappa shape index (κ2) is 5.25. The molecule has 3 unspecified atom stereocenters. The zero-order chi connectivity index (χ0) is 13.2. The number of allylic oxidation sites excluding steroid dienone is 2. The van der Waals surface area contributed by atoms with E-state index in [0.29, 0.717) is 6.04 Å². The molecule has 1 aromatic carbocycles. The van der Waals surface area contributed by atoms with Gasteiger partial charge in [-0.15, -0.1) is 0 Å². The van der Waals surface area contributed by atoms with Gasteiger partial charge in [0.15, 0.2) is 0 Å². The molecule has 1 saturated carbocycles. The highest BCUT2D eigenvalue weighted by atomic mass is 16.5.